The molecule has 0 aromatic heterocycles. The standard InChI is InChI=1S/C16H25NO2/c1-5-16(4,18)11-17-13-10-15(2,3)19-14-9-7-6-8-12(13)14/h6-9,13,17-18H,5,10-11H2,1-4H3. The molecule has 0 spiro atoms. The van der Waals surface area contributed by atoms with Gasteiger partial charge in [0.2, 0.25) is 0 Å². The van der Waals surface area contributed by atoms with Crippen LogP contribution in [-0.2, 0) is 0 Å². The quantitative estimate of drug-likeness (QED) is 0.877. The van der Waals surface area contributed by atoms with Crippen molar-refractivity contribution in [2.24, 2.45) is 0 Å². The Bertz CT molecular complexity index is 440. The fourth-order valence-corrected chi connectivity index (χ4v) is 2.45. The molecule has 19 heavy (non-hydrogen) atoms. The summed E-state index contributed by atoms with van der Waals surface area (Å²) in [6, 6.07) is 8.39. The molecule has 1 aliphatic rings. The van der Waals surface area contributed by atoms with Crippen molar-refractivity contribution in [3.8, 4) is 5.75 Å². The van der Waals surface area contributed by atoms with Crippen LogP contribution in [0.15, 0.2) is 24.3 Å². The molecule has 0 amide bonds. The van der Waals surface area contributed by atoms with Gasteiger partial charge in [0.25, 0.3) is 0 Å². The van der Waals surface area contributed by atoms with E-state index in [1.807, 2.05) is 32.0 Å². The van der Waals surface area contributed by atoms with Gasteiger partial charge < -0.3 is 15.2 Å². The highest BCUT2D eigenvalue weighted by atomic mass is 16.5. The Kier molecular flexibility index (Phi) is 3.88. The molecule has 3 nitrogen and oxygen atoms in total. The van der Waals surface area contributed by atoms with Crippen LogP contribution in [0.3, 0.4) is 0 Å². The normalized spacial score (nSPS) is 24.2. The summed E-state index contributed by atoms with van der Waals surface area (Å²) >= 11 is 0. The molecule has 0 aliphatic carbocycles. The molecular formula is C16H25NO2. The largest absolute Gasteiger partial charge is 0.487 e. The van der Waals surface area contributed by atoms with Crippen molar-refractivity contribution in [2.75, 3.05) is 6.54 Å². The Morgan fingerprint density at radius 3 is 2.79 bits per heavy atom. The Balaban J connectivity index is 2.16. The number of hydrogen-bond acceptors (Lipinski definition) is 3. The lowest BCUT2D eigenvalue weighted by molar-refractivity contribution is 0.0358. The van der Waals surface area contributed by atoms with Crippen molar-refractivity contribution in [1.82, 2.24) is 5.32 Å². The first-order valence-electron chi connectivity index (χ1n) is 7.07. The third kappa shape index (κ3) is 3.48. The highest BCUT2D eigenvalue weighted by Crippen LogP contribution is 2.39. The van der Waals surface area contributed by atoms with Crippen LogP contribution >= 0.6 is 0 Å². The molecule has 0 radical (unpaired) electrons. The zero-order valence-electron chi connectivity index (χ0n) is 12.4. The van der Waals surface area contributed by atoms with Crippen molar-refractivity contribution in [3.63, 3.8) is 0 Å². The van der Waals surface area contributed by atoms with E-state index in [1.54, 1.807) is 0 Å². The first-order valence-corrected chi connectivity index (χ1v) is 7.07. The lowest BCUT2D eigenvalue weighted by atomic mass is 9.89. The highest BCUT2D eigenvalue weighted by molar-refractivity contribution is 5.38. The van der Waals surface area contributed by atoms with Crippen LogP contribution in [0, 0.1) is 0 Å². The predicted molar refractivity (Wildman–Crippen MR) is 77.4 cm³/mol. The lowest BCUT2D eigenvalue weighted by Gasteiger charge is -2.39. The minimum Gasteiger partial charge on any atom is -0.487 e. The molecular weight excluding hydrogens is 238 g/mol. The molecule has 1 aliphatic heterocycles. The van der Waals surface area contributed by atoms with Gasteiger partial charge in [-0.1, -0.05) is 25.1 Å². The van der Waals surface area contributed by atoms with E-state index in [4.69, 9.17) is 4.74 Å². The number of fused-ring (bicyclic) bond motifs is 1. The number of hydrogen-bond donors (Lipinski definition) is 2. The van der Waals surface area contributed by atoms with Crippen LogP contribution < -0.4 is 10.1 Å². The summed E-state index contributed by atoms with van der Waals surface area (Å²) in [6.45, 7) is 8.68. The van der Waals surface area contributed by atoms with Gasteiger partial charge >= 0.3 is 0 Å². The van der Waals surface area contributed by atoms with Crippen molar-refractivity contribution < 1.29 is 9.84 Å². The van der Waals surface area contributed by atoms with Crippen LogP contribution in [0.1, 0.15) is 52.1 Å². The first-order chi connectivity index (χ1) is 8.83. The third-order valence-corrected chi connectivity index (χ3v) is 3.87. The van der Waals surface area contributed by atoms with Crippen LogP contribution in [0.2, 0.25) is 0 Å². The predicted octanol–water partition coefficient (Wildman–Crippen LogP) is 3.04. The van der Waals surface area contributed by atoms with E-state index in [0.29, 0.717) is 6.54 Å². The second-order valence-electron chi connectivity index (χ2n) is 6.39. The van der Waals surface area contributed by atoms with Gasteiger partial charge in [-0.3, -0.25) is 0 Å². The second kappa shape index (κ2) is 5.14. The average Bonchev–Trinajstić information content (AvgIpc) is 2.35. The van der Waals surface area contributed by atoms with E-state index in [-0.39, 0.29) is 11.6 Å². The summed E-state index contributed by atoms with van der Waals surface area (Å²) in [6.07, 6.45) is 1.65. The van der Waals surface area contributed by atoms with Crippen molar-refractivity contribution in [3.05, 3.63) is 29.8 Å². The fourth-order valence-electron chi connectivity index (χ4n) is 2.45. The molecule has 1 aromatic rings. The number of nitrogens with one attached hydrogen (secondary N) is 1. The molecule has 3 heteroatoms. The van der Waals surface area contributed by atoms with Crippen molar-refractivity contribution >= 4 is 0 Å². The fraction of sp³-hybridized carbons (Fsp3) is 0.625. The van der Waals surface area contributed by atoms with Crippen molar-refractivity contribution in [1.29, 1.82) is 0 Å². The number of benzene rings is 1. The molecule has 2 N–H and O–H groups in total. The van der Waals surface area contributed by atoms with Gasteiger partial charge in [0.1, 0.15) is 11.4 Å². The maximum atomic E-state index is 10.1. The average molecular weight is 263 g/mol. The molecule has 106 valence electrons. The van der Waals surface area contributed by atoms with Crippen molar-refractivity contribution in [2.45, 2.75) is 57.8 Å². The van der Waals surface area contributed by atoms with E-state index in [0.717, 1.165) is 18.6 Å². The smallest absolute Gasteiger partial charge is 0.124 e. The van der Waals surface area contributed by atoms with Gasteiger partial charge in [0.05, 0.1) is 5.60 Å². The molecule has 0 saturated carbocycles. The maximum absolute atomic E-state index is 10.1. The first kappa shape index (κ1) is 14.4. The Morgan fingerprint density at radius 1 is 1.42 bits per heavy atom. The van der Waals surface area contributed by atoms with E-state index in [2.05, 4.69) is 25.2 Å². The molecule has 2 rings (SSSR count). The molecule has 0 bridgehead atoms. The third-order valence-electron chi connectivity index (χ3n) is 3.87. The monoisotopic (exact) mass is 263 g/mol. The van der Waals surface area contributed by atoms with Crippen LogP contribution in [0.4, 0.5) is 0 Å². The summed E-state index contributed by atoms with van der Waals surface area (Å²) in [5, 5.41) is 13.6. The van der Waals surface area contributed by atoms with Gasteiger partial charge in [-0.05, 0) is 33.3 Å². The van der Waals surface area contributed by atoms with Gasteiger partial charge in [-0.25, -0.2) is 0 Å². The van der Waals surface area contributed by atoms with Crippen LogP contribution in [-0.4, -0.2) is 22.9 Å². The van der Waals surface area contributed by atoms with Gasteiger partial charge in [-0.2, -0.15) is 0 Å². The van der Waals surface area contributed by atoms with E-state index < -0.39 is 5.60 Å². The Morgan fingerprint density at radius 2 is 2.11 bits per heavy atom. The minimum absolute atomic E-state index is 0.176. The second-order valence-corrected chi connectivity index (χ2v) is 6.39. The lowest BCUT2D eigenvalue weighted by Crippen LogP contribution is -2.44. The zero-order chi connectivity index (χ0) is 14.1. The molecule has 0 fully saturated rings. The summed E-state index contributed by atoms with van der Waals surface area (Å²) < 4.78 is 6.01. The van der Waals surface area contributed by atoms with Crippen LogP contribution in [0.25, 0.3) is 0 Å². The summed E-state index contributed by atoms with van der Waals surface area (Å²) in [4.78, 5) is 0. The van der Waals surface area contributed by atoms with Gasteiger partial charge in [-0.15, -0.1) is 0 Å². The SMILES string of the molecule is CCC(C)(O)CNC1CC(C)(C)Oc2ccccc21. The highest BCUT2D eigenvalue weighted by Gasteiger charge is 2.34. The molecule has 0 saturated heterocycles. The molecule has 1 aromatic carbocycles. The van der Waals surface area contributed by atoms with E-state index >= 15 is 0 Å². The Labute approximate surface area is 116 Å². The number of para-hydroxylation sites is 1. The Hall–Kier alpha value is -1.06. The van der Waals surface area contributed by atoms with E-state index in [1.165, 1.54) is 5.56 Å². The zero-order valence-corrected chi connectivity index (χ0v) is 12.4. The number of ether oxygens (including phenoxy) is 1. The summed E-state index contributed by atoms with van der Waals surface area (Å²) in [5.41, 5.74) is 0.357. The molecule has 2 unspecified atom stereocenters. The van der Waals surface area contributed by atoms with Crippen LogP contribution in [0.5, 0.6) is 5.75 Å². The van der Waals surface area contributed by atoms with E-state index in [9.17, 15) is 5.11 Å². The molecule has 2 atom stereocenters. The van der Waals surface area contributed by atoms with Gasteiger partial charge in [0.15, 0.2) is 0 Å². The molecule has 1 heterocycles. The summed E-state index contributed by atoms with van der Waals surface area (Å²) in [7, 11) is 0. The van der Waals surface area contributed by atoms with Gasteiger partial charge in [0, 0.05) is 24.6 Å². The topological polar surface area (TPSA) is 41.5 Å². The number of rotatable bonds is 4. The minimum atomic E-state index is -0.655. The maximum Gasteiger partial charge on any atom is 0.124 e. The summed E-state index contributed by atoms with van der Waals surface area (Å²) in [5.74, 6) is 0.951. The number of aliphatic hydroxyl groups is 1.